The second kappa shape index (κ2) is 3.09. The molecule has 0 aromatic carbocycles. The number of nitrogens with two attached hydrogens (primary N) is 1. The normalized spacial score (nSPS) is 18.7. The molecule has 0 bridgehead atoms. The number of hydrogen-bond acceptors (Lipinski definition) is 3. The Balaban J connectivity index is 2.01. The number of nitrogens with one attached hydrogen (secondary N) is 1. The third-order valence-electron chi connectivity index (χ3n) is 2.65. The van der Waals surface area contributed by atoms with Crippen LogP contribution in [0.4, 0.5) is 5.82 Å². The lowest BCUT2D eigenvalue weighted by Crippen LogP contribution is -2.56. The first-order valence-electron chi connectivity index (χ1n) is 4.70. The van der Waals surface area contributed by atoms with Gasteiger partial charge >= 0.3 is 0 Å². The molecular formula is C9H14N4O. The van der Waals surface area contributed by atoms with Crippen molar-refractivity contribution in [1.82, 2.24) is 9.78 Å². The second-order valence-electron chi connectivity index (χ2n) is 3.84. The Hall–Kier alpha value is -1.36. The zero-order valence-electron chi connectivity index (χ0n) is 8.16. The van der Waals surface area contributed by atoms with Crippen molar-refractivity contribution in [1.29, 1.82) is 0 Å². The second-order valence-corrected chi connectivity index (χ2v) is 3.84. The molecule has 14 heavy (non-hydrogen) atoms. The fourth-order valence-electron chi connectivity index (χ4n) is 1.51. The smallest absolute Gasteiger partial charge is 0.245 e. The van der Waals surface area contributed by atoms with Gasteiger partial charge in [-0.1, -0.05) is 0 Å². The van der Waals surface area contributed by atoms with Crippen molar-refractivity contribution in [3.8, 4) is 0 Å². The van der Waals surface area contributed by atoms with Crippen molar-refractivity contribution >= 4 is 11.7 Å². The molecule has 76 valence electrons. The summed E-state index contributed by atoms with van der Waals surface area (Å²) in [7, 11) is 1.80. The van der Waals surface area contributed by atoms with Crippen LogP contribution in [-0.4, -0.2) is 21.2 Å². The lowest BCUT2D eigenvalue weighted by atomic mass is 9.77. The molecule has 1 amide bonds. The standard InChI is InChI=1S/C9H14N4O/c1-13-6-3-7(12-13)11-8(14)9(10)4-2-5-9/h3,6H,2,4-5,10H2,1H3,(H,11,12,14). The first kappa shape index (κ1) is 9.21. The molecule has 0 unspecified atom stereocenters. The van der Waals surface area contributed by atoms with E-state index in [1.807, 2.05) is 0 Å². The number of carbonyl (C=O) groups is 1. The SMILES string of the molecule is Cn1ccc(NC(=O)C2(N)CCC2)n1. The van der Waals surface area contributed by atoms with Gasteiger partial charge in [-0.3, -0.25) is 9.48 Å². The summed E-state index contributed by atoms with van der Waals surface area (Å²) in [6, 6.07) is 1.75. The van der Waals surface area contributed by atoms with Crippen LogP contribution in [0.1, 0.15) is 19.3 Å². The molecule has 2 rings (SSSR count). The Morgan fingerprint density at radius 3 is 2.86 bits per heavy atom. The molecule has 1 heterocycles. The van der Waals surface area contributed by atoms with Gasteiger partial charge in [0.15, 0.2) is 5.82 Å². The molecule has 0 saturated heterocycles. The predicted octanol–water partition coefficient (Wildman–Crippen LogP) is 0.240. The Morgan fingerprint density at radius 1 is 1.71 bits per heavy atom. The van der Waals surface area contributed by atoms with Crippen molar-refractivity contribution in [3.63, 3.8) is 0 Å². The van der Waals surface area contributed by atoms with E-state index >= 15 is 0 Å². The Bertz CT molecular complexity index is 353. The van der Waals surface area contributed by atoms with Crippen molar-refractivity contribution < 1.29 is 4.79 Å². The monoisotopic (exact) mass is 194 g/mol. The zero-order valence-corrected chi connectivity index (χ0v) is 8.16. The molecular weight excluding hydrogens is 180 g/mol. The van der Waals surface area contributed by atoms with Crippen LogP contribution in [-0.2, 0) is 11.8 Å². The Morgan fingerprint density at radius 2 is 2.43 bits per heavy atom. The summed E-state index contributed by atoms with van der Waals surface area (Å²) in [5, 5.41) is 6.76. The van der Waals surface area contributed by atoms with Crippen molar-refractivity contribution in [2.24, 2.45) is 12.8 Å². The number of nitrogens with zero attached hydrogens (tertiary/aromatic N) is 2. The highest BCUT2D eigenvalue weighted by Gasteiger charge is 2.40. The van der Waals surface area contributed by atoms with E-state index in [9.17, 15) is 4.79 Å². The van der Waals surface area contributed by atoms with Gasteiger partial charge in [0.05, 0.1) is 5.54 Å². The van der Waals surface area contributed by atoms with E-state index < -0.39 is 5.54 Å². The van der Waals surface area contributed by atoms with Crippen LogP contribution in [0.5, 0.6) is 0 Å². The number of aryl methyl sites for hydroxylation is 1. The van der Waals surface area contributed by atoms with E-state index in [1.165, 1.54) is 0 Å². The number of aromatic nitrogens is 2. The zero-order chi connectivity index (χ0) is 10.2. The van der Waals surface area contributed by atoms with Gasteiger partial charge in [-0.05, 0) is 19.3 Å². The number of hydrogen-bond donors (Lipinski definition) is 2. The summed E-state index contributed by atoms with van der Waals surface area (Å²) in [4.78, 5) is 11.6. The van der Waals surface area contributed by atoms with Crippen LogP contribution >= 0.6 is 0 Å². The van der Waals surface area contributed by atoms with Crippen LogP contribution in [0.25, 0.3) is 0 Å². The molecule has 1 saturated carbocycles. The molecule has 0 radical (unpaired) electrons. The topological polar surface area (TPSA) is 72.9 Å². The lowest BCUT2D eigenvalue weighted by molar-refractivity contribution is -0.123. The summed E-state index contributed by atoms with van der Waals surface area (Å²) in [6.07, 6.45) is 4.35. The van der Waals surface area contributed by atoms with E-state index in [0.29, 0.717) is 5.82 Å². The maximum atomic E-state index is 11.6. The van der Waals surface area contributed by atoms with Gasteiger partial charge in [0.25, 0.3) is 0 Å². The summed E-state index contributed by atoms with van der Waals surface area (Å²) in [5.41, 5.74) is 5.20. The minimum absolute atomic E-state index is 0.123. The number of carbonyl (C=O) groups excluding carboxylic acids is 1. The third-order valence-corrected chi connectivity index (χ3v) is 2.65. The highest BCUT2D eigenvalue weighted by atomic mass is 16.2. The quantitative estimate of drug-likeness (QED) is 0.708. The average molecular weight is 194 g/mol. The minimum atomic E-state index is -0.655. The number of anilines is 1. The minimum Gasteiger partial charge on any atom is -0.317 e. The fraction of sp³-hybridized carbons (Fsp3) is 0.556. The molecule has 1 aliphatic rings. The summed E-state index contributed by atoms with van der Waals surface area (Å²) in [5.74, 6) is 0.441. The summed E-state index contributed by atoms with van der Waals surface area (Å²) < 4.78 is 1.64. The molecule has 5 heteroatoms. The molecule has 0 spiro atoms. The van der Waals surface area contributed by atoms with Gasteiger partial charge in [0, 0.05) is 19.3 Å². The number of amides is 1. The highest BCUT2D eigenvalue weighted by Crippen LogP contribution is 2.29. The molecule has 5 nitrogen and oxygen atoms in total. The Kier molecular flexibility index (Phi) is 2.03. The largest absolute Gasteiger partial charge is 0.317 e. The Labute approximate surface area is 82.3 Å². The van der Waals surface area contributed by atoms with Crippen LogP contribution < -0.4 is 11.1 Å². The summed E-state index contributed by atoms with van der Waals surface area (Å²) in [6.45, 7) is 0. The van der Waals surface area contributed by atoms with E-state index in [4.69, 9.17) is 5.73 Å². The van der Waals surface area contributed by atoms with Gasteiger partial charge in [0.2, 0.25) is 5.91 Å². The van der Waals surface area contributed by atoms with E-state index in [2.05, 4.69) is 10.4 Å². The maximum absolute atomic E-state index is 11.6. The molecule has 3 N–H and O–H groups in total. The molecule has 1 aromatic heterocycles. The molecule has 1 fully saturated rings. The van der Waals surface area contributed by atoms with Gasteiger partial charge in [-0.15, -0.1) is 0 Å². The number of rotatable bonds is 2. The van der Waals surface area contributed by atoms with Crippen LogP contribution in [0, 0.1) is 0 Å². The van der Waals surface area contributed by atoms with Gasteiger partial charge in [0.1, 0.15) is 0 Å². The average Bonchev–Trinajstić information content (AvgIpc) is 2.47. The molecule has 0 aliphatic heterocycles. The highest BCUT2D eigenvalue weighted by molar-refractivity contribution is 5.97. The van der Waals surface area contributed by atoms with Crippen LogP contribution in [0.3, 0.4) is 0 Å². The van der Waals surface area contributed by atoms with Crippen LogP contribution in [0.15, 0.2) is 12.3 Å². The predicted molar refractivity (Wildman–Crippen MR) is 52.6 cm³/mol. The van der Waals surface area contributed by atoms with Crippen molar-refractivity contribution in [2.45, 2.75) is 24.8 Å². The fourth-order valence-corrected chi connectivity index (χ4v) is 1.51. The summed E-state index contributed by atoms with van der Waals surface area (Å²) >= 11 is 0. The molecule has 1 aromatic rings. The van der Waals surface area contributed by atoms with Crippen molar-refractivity contribution in [2.75, 3.05) is 5.32 Å². The van der Waals surface area contributed by atoms with Gasteiger partial charge in [-0.25, -0.2) is 0 Å². The van der Waals surface area contributed by atoms with E-state index in [-0.39, 0.29) is 5.91 Å². The maximum Gasteiger partial charge on any atom is 0.245 e. The lowest BCUT2D eigenvalue weighted by Gasteiger charge is -2.35. The van der Waals surface area contributed by atoms with E-state index in [1.54, 1.807) is 24.0 Å². The first-order valence-corrected chi connectivity index (χ1v) is 4.70. The first-order chi connectivity index (χ1) is 6.60. The third kappa shape index (κ3) is 1.50. The van der Waals surface area contributed by atoms with Crippen molar-refractivity contribution in [3.05, 3.63) is 12.3 Å². The van der Waals surface area contributed by atoms with Gasteiger partial charge < -0.3 is 11.1 Å². The van der Waals surface area contributed by atoms with Gasteiger partial charge in [-0.2, -0.15) is 5.10 Å². The molecule has 0 atom stereocenters. The van der Waals surface area contributed by atoms with Crippen LogP contribution in [0.2, 0.25) is 0 Å². The van der Waals surface area contributed by atoms with E-state index in [0.717, 1.165) is 19.3 Å². The molecule has 1 aliphatic carbocycles.